The molecule has 0 radical (unpaired) electrons. The van der Waals surface area contributed by atoms with Gasteiger partial charge in [0.25, 0.3) is 0 Å². The van der Waals surface area contributed by atoms with Crippen molar-refractivity contribution in [3.63, 3.8) is 0 Å². The van der Waals surface area contributed by atoms with Crippen LogP contribution in [0.15, 0.2) is 61.2 Å². The molecule has 2 aliphatic carbocycles. The number of rotatable bonds is 7. The average molecular weight is 370 g/mol. The third-order valence-corrected chi connectivity index (χ3v) is 6.51. The molecule has 0 saturated heterocycles. The highest BCUT2D eigenvalue weighted by Crippen LogP contribution is 2.54. The SMILES string of the molecule is C=CCOP(=O)(OC1Cc2ccccc2C1)OC1Cc2ccccc2C1. The largest absolute Gasteiger partial charge is 0.475 e. The summed E-state index contributed by atoms with van der Waals surface area (Å²) in [5.74, 6) is 0. The molecular weight excluding hydrogens is 347 g/mol. The zero-order valence-corrected chi connectivity index (χ0v) is 15.6. The van der Waals surface area contributed by atoms with E-state index in [2.05, 4.69) is 30.8 Å². The van der Waals surface area contributed by atoms with Crippen molar-refractivity contribution in [2.45, 2.75) is 37.9 Å². The molecule has 0 aliphatic heterocycles. The molecular formula is C21H23O4P. The van der Waals surface area contributed by atoms with Crippen LogP contribution in [0.4, 0.5) is 0 Å². The summed E-state index contributed by atoms with van der Waals surface area (Å²) in [4.78, 5) is 0. The van der Waals surface area contributed by atoms with E-state index in [0.29, 0.717) is 0 Å². The maximum absolute atomic E-state index is 13.3. The fraction of sp³-hybridized carbons (Fsp3) is 0.333. The summed E-state index contributed by atoms with van der Waals surface area (Å²) in [6, 6.07) is 16.4. The molecule has 0 spiro atoms. The van der Waals surface area contributed by atoms with Gasteiger partial charge in [-0.1, -0.05) is 54.6 Å². The summed E-state index contributed by atoms with van der Waals surface area (Å²) in [5.41, 5.74) is 4.95. The molecule has 0 fully saturated rings. The van der Waals surface area contributed by atoms with Gasteiger partial charge in [0.1, 0.15) is 0 Å². The highest BCUT2D eigenvalue weighted by Gasteiger charge is 2.37. The highest BCUT2D eigenvalue weighted by atomic mass is 31.2. The molecule has 0 amide bonds. The van der Waals surface area contributed by atoms with Crippen molar-refractivity contribution in [2.75, 3.05) is 6.61 Å². The lowest BCUT2D eigenvalue weighted by Gasteiger charge is -2.23. The Morgan fingerprint density at radius 2 is 1.23 bits per heavy atom. The van der Waals surface area contributed by atoms with Gasteiger partial charge in [0.15, 0.2) is 0 Å². The van der Waals surface area contributed by atoms with Gasteiger partial charge in [-0.25, -0.2) is 4.57 Å². The molecule has 0 saturated carbocycles. The van der Waals surface area contributed by atoms with Crippen LogP contribution < -0.4 is 0 Å². The number of benzene rings is 2. The first-order chi connectivity index (χ1) is 12.6. The molecule has 4 rings (SSSR count). The first kappa shape index (κ1) is 17.7. The number of fused-ring (bicyclic) bond motifs is 2. The van der Waals surface area contributed by atoms with Crippen molar-refractivity contribution in [1.82, 2.24) is 0 Å². The summed E-state index contributed by atoms with van der Waals surface area (Å²) in [7, 11) is -3.66. The minimum absolute atomic E-state index is 0.136. The van der Waals surface area contributed by atoms with Crippen molar-refractivity contribution in [2.24, 2.45) is 0 Å². The normalized spacial score (nSPS) is 17.2. The Balaban J connectivity index is 1.44. The van der Waals surface area contributed by atoms with Crippen LogP contribution >= 0.6 is 7.82 Å². The third kappa shape index (κ3) is 3.84. The van der Waals surface area contributed by atoms with Gasteiger partial charge in [0.2, 0.25) is 0 Å². The molecule has 0 aromatic heterocycles. The Bertz CT molecular complexity index is 736. The lowest BCUT2D eigenvalue weighted by molar-refractivity contribution is 0.0629. The van der Waals surface area contributed by atoms with Gasteiger partial charge in [-0.3, -0.25) is 13.6 Å². The van der Waals surface area contributed by atoms with E-state index in [1.807, 2.05) is 24.3 Å². The van der Waals surface area contributed by atoms with E-state index in [0.717, 1.165) is 25.7 Å². The van der Waals surface area contributed by atoms with Crippen molar-refractivity contribution in [3.8, 4) is 0 Å². The van der Waals surface area contributed by atoms with Crippen LogP contribution in [0.5, 0.6) is 0 Å². The van der Waals surface area contributed by atoms with E-state index in [-0.39, 0.29) is 18.8 Å². The van der Waals surface area contributed by atoms with Gasteiger partial charge in [0.05, 0.1) is 18.8 Å². The molecule has 26 heavy (non-hydrogen) atoms. The number of hydrogen-bond donors (Lipinski definition) is 0. The van der Waals surface area contributed by atoms with Crippen molar-refractivity contribution < 1.29 is 18.1 Å². The summed E-state index contributed by atoms with van der Waals surface area (Å²) >= 11 is 0. The smallest absolute Gasteiger partial charge is 0.283 e. The predicted molar refractivity (Wildman–Crippen MR) is 101 cm³/mol. The van der Waals surface area contributed by atoms with Gasteiger partial charge >= 0.3 is 7.82 Å². The molecule has 4 nitrogen and oxygen atoms in total. The summed E-state index contributed by atoms with van der Waals surface area (Å²) in [6.45, 7) is 3.77. The third-order valence-electron chi connectivity index (χ3n) is 4.93. The van der Waals surface area contributed by atoms with Crippen LogP contribution in [0.25, 0.3) is 0 Å². The van der Waals surface area contributed by atoms with E-state index in [1.54, 1.807) is 6.08 Å². The maximum atomic E-state index is 13.3. The molecule has 2 aromatic rings. The molecule has 2 aromatic carbocycles. The Labute approximate surface area is 154 Å². The summed E-state index contributed by atoms with van der Waals surface area (Å²) in [6.07, 6.45) is 4.10. The Hall–Kier alpha value is -1.71. The zero-order chi connectivity index (χ0) is 18.0. The van der Waals surface area contributed by atoms with E-state index < -0.39 is 7.82 Å². The monoisotopic (exact) mass is 370 g/mol. The van der Waals surface area contributed by atoms with Crippen molar-refractivity contribution >= 4 is 7.82 Å². The van der Waals surface area contributed by atoms with Gasteiger partial charge < -0.3 is 0 Å². The van der Waals surface area contributed by atoms with Crippen LogP contribution in [0, 0.1) is 0 Å². The van der Waals surface area contributed by atoms with E-state index in [4.69, 9.17) is 13.6 Å². The number of hydrogen-bond acceptors (Lipinski definition) is 4. The second kappa shape index (κ2) is 7.50. The average Bonchev–Trinajstić information content (AvgIpc) is 3.21. The number of phosphoric acid groups is 1. The molecule has 5 heteroatoms. The van der Waals surface area contributed by atoms with Crippen LogP contribution in [-0.4, -0.2) is 18.8 Å². The van der Waals surface area contributed by atoms with E-state index >= 15 is 0 Å². The van der Waals surface area contributed by atoms with Crippen LogP contribution in [0.3, 0.4) is 0 Å². The number of phosphoric ester groups is 1. The van der Waals surface area contributed by atoms with Gasteiger partial charge in [0, 0.05) is 0 Å². The van der Waals surface area contributed by atoms with Gasteiger partial charge in [-0.15, -0.1) is 6.58 Å². The molecule has 136 valence electrons. The first-order valence-electron chi connectivity index (χ1n) is 9.01. The molecule has 0 bridgehead atoms. The van der Waals surface area contributed by atoms with E-state index in [9.17, 15) is 4.57 Å². The molecule has 0 N–H and O–H groups in total. The lowest BCUT2D eigenvalue weighted by atomic mass is 10.1. The van der Waals surface area contributed by atoms with Gasteiger partial charge in [-0.2, -0.15) is 0 Å². The minimum atomic E-state index is -3.66. The zero-order valence-electron chi connectivity index (χ0n) is 14.7. The van der Waals surface area contributed by atoms with Crippen LogP contribution in [0.2, 0.25) is 0 Å². The van der Waals surface area contributed by atoms with Gasteiger partial charge in [-0.05, 0) is 47.9 Å². The molecule has 0 unspecified atom stereocenters. The molecule has 0 heterocycles. The highest BCUT2D eigenvalue weighted by molar-refractivity contribution is 7.48. The van der Waals surface area contributed by atoms with E-state index in [1.165, 1.54) is 22.3 Å². The summed E-state index contributed by atoms with van der Waals surface area (Å²) in [5, 5.41) is 0. The van der Waals surface area contributed by atoms with Crippen molar-refractivity contribution in [3.05, 3.63) is 83.4 Å². The minimum Gasteiger partial charge on any atom is -0.283 e. The first-order valence-corrected chi connectivity index (χ1v) is 10.5. The van der Waals surface area contributed by atoms with Crippen LogP contribution in [-0.2, 0) is 43.8 Å². The fourth-order valence-electron chi connectivity index (χ4n) is 3.78. The Morgan fingerprint density at radius 1 is 0.846 bits per heavy atom. The molecule has 2 aliphatic rings. The second-order valence-electron chi connectivity index (χ2n) is 6.84. The van der Waals surface area contributed by atoms with Crippen molar-refractivity contribution in [1.29, 1.82) is 0 Å². The quantitative estimate of drug-likeness (QED) is 0.525. The Kier molecular flexibility index (Phi) is 5.10. The maximum Gasteiger partial charge on any atom is 0.475 e. The lowest BCUT2D eigenvalue weighted by Crippen LogP contribution is -2.18. The summed E-state index contributed by atoms with van der Waals surface area (Å²) < 4.78 is 30.6. The fourth-order valence-corrected chi connectivity index (χ4v) is 5.27. The van der Waals surface area contributed by atoms with Crippen LogP contribution in [0.1, 0.15) is 22.3 Å². The molecule has 0 atom stereocenters. The second-order valence-corrected chi connectivity index (χ2v) is 8.41. The Morgan fingerprint density at radius 3 is 1.58 bits per heavy atom. The predicted octanol–water partition coefficient (Wildman–Crippen LogP) is 4.67. The topological polar surface area (TPSA) is 44.8 Å². The standard InChI is InChI=1S/C21H23O4P/c1-2-11-23-26(22,24-20-12-16-7-3-4-8-17(16)13-20)25-21-14-18-9-5-6-10-19(18)15-21/h2-10,20-21H,1,11-15H2.